The van der Waals surface area contributed by atoms with E-state index in [1.807, 2.05) is 22.6 Å². The number of hydrogen-bond donors (Lipinski definition) is 4. The first-order valence-corrected chi connectivity index (χ1v) is 14.7. The van der Waals surface area contributed by atoms with Crippen molar-refractivity contribution in [3.63, 3.8) is 0 Å². The second kappa shape index (κ2) is 15.9. The first-order chi connectivity index (χ1) is 19.6. The van der Waals surface area contributed by atoms with Crippen molar-refractivity contribution < 1.29 is 39.1 Å². The Balaban J connectivity index is 2.04. The van der Waals surface area contributed by atoms with Crippen LogP contribution < -0.4 is 14.8 Å². The summed E-state index contributed by atoms with van der Waals surface area (Å²) in [6.45, 7) is 1.45. The molecule has 3 atom stereocenters. The number of methoxy groups -OCH3 is 1. The number of amides is 2. The SMILES string of the molecule is CCOCC(=O)N(Cc1ccc(Cl)c(Cl)c1)[C@@H]1CC(C(=O)NCCO)=C[C@H](Oc2c(I)cc(CO)cc2OC)[C@H]1O. The van der Waals surface area contributed by atoms with E-state index in [0.717, 1.165) is 0 Å². The van der Waals surface area contributed by atoms with Crippen LogP contribution in [-0.4, -0.2) is 83.8 Å². The minimum absolute atomic E-state index is 0.00908. The zero-order valence-corrected chi connectivity index (χ0v) is 26.3. The van der Waals surface area contributed by atoms with E-state index in [1.165, 1.54) is 18.1 Å². The molecule has 0 saturated heterocycles. The van der Waals surface area contributed by atoms with E-state index >= 15 is 0 Å². The van der Waals surface area contributed by atoms with Crippen LogP contribution in [-0.2, 0) is 27.5 Å². The number of nitrogens with one attached hydrogen (secondary N) is 1. The summed E-state index contributed by atoms with van der Waals surface area (Å²) in [6.07, 6.45) is -0.818. The molecule has 2 aromatic rings. The Hall–Kier alpha value is -2.13. The largest absolute Gasteiger partial charge is 0.493 e. The normalized spacial score (nSPS) is 18.4. The Bertz CT molecular complexity index is 1260. The number of rotatable bonds is 13. The van der Waals surface area contributed by atoms with Gasteiger partial charge in [-0.25, -0.2) is 0 Å². The molecule has 2 aromatic carbocycles. The van der Waals surface area contributed by atoms with Crippen LogP contribution in [0.5, 0.6) is 11.5 Å². The van der Waals surface area contributed by atoms with Gasteiger partial charge in [0.25, 0.3) is 0 Å². The molecule has 0 aromatic heterocycles. The number of halogens is 3. The molecule has 224 valence electrons. The van der Waals surface area contributed by atoms with Gasteiger partial charge in [0.1, 0.15) is 18.8 Å². The predicted molar refractivity (Wildman–Crippen MR) is 162 cm³/mol. The Morgan fingerprint density at radius 3 is 2.54 bits per heavy atom. The van der Waals surface area contributed by atoms with Crippen molar-refractivity contribution in [1.29, 1.82) is 0 Å². The Kier molecular flexibility index (Phi) is 13.0. The van der Waals surface area contributed by atoms with Crippen molar-refractivity contribution in [2.45, 2.75) is 44.7 Å². The van der Waals surface area contributed by atoms with Gasteiger partial charge >= 0.3 is 0 Å². The van der Waals surface area contributed by atoms with Crippen molar-refractivity contribution in [3.05, 3.63) is 66.7 Å². The van der Waals surface area contributed by atoms with Crippen molar-refractivity contribution in [2.24, 2.45) is 0 Å². The molecule has 0 heterocycles. The van der Waals surface area contributed by atoms with E-state index in [1.54, 1.807) is 37.3 Å². The smallest absolute Gasteiger partial charge is 0.249 e. The number of benzene rings is 2. The molecule has 0 fully saturated rings. The lowest BCUT2D eigenvalue weighted by Crippen LogP contribution is -2.55. The number of carbonyl (C=O) groups excluding carboxylic acids is 2. The fraction of sp³-hybridized carbons (Fsp3) is 0.429. The topological polar surface area (TPSA) is 138 Å². The van der Waals surface area contributed by atoms with Crippen LogP contribution in [0.15, 0.2) is 42.0 Å². The summed E-state index contributed by atoms with van der Waals surface area (Å²) >= 11 is 14.3. The van der Waals surface area contributed by atoms with E-state index in [0.29, 0.717) is 42.8 Å². The van der Waals surface area contributed by atoms with Gasteiger partial charge in [-0.15, -0.1) is 0 Å². The summed E-state index contributed by atoms with van der Waals surface area (Å²) in [5, 5.41) is 33.7. The first kappa shape index (κ1) is 33.4. The molecule has 0 aliphatic heterocycles. The summed E-state index contributed by atoms with van der Waals surface area (Å²) in [4.78, 5) is 27.9. The van der Waals surface area contributed by atoms with Crippen molar-refractivity contribution in [3.8, 4) is 11.5 Å². The second-order valence-corrected chi connectivity index (χ2v) is 11.2. The summed E-state index contributed by atoms with van der Waals surface area (Å²) in [5.74, 6) is -0.237. The maximum absolute atomic E-state index is 13.4. The highest BCUT2D eigenvalue weighted by molar-refractivity contribution is 14.1. The Morgan fingerprint density at radius 1 is 1.15 bits per heavy atom. The third kappa shape index (κ3) is 8.69. The Labute approximate surface area is 262 Å². The van der Waals surface area contributed by atoms with E-state index in [2.05, 4.69) is 5.32 Å². The maximum Gasteiger partial charge on any atom is 0.249 e. The van der Waals surface area contributed by atoms with Gasteiger partial charge in [-0.05, 0) is 71.0 Å². The molecule has 0 spiro atoms. The molecule has 0 saturated carbocycles. The third-order valence-electron chi connectivity index (χ3n) is 6.43. The quantitative estimate of drug-likeness (QED) is 0.232. The summed E-state index contributed by atoms with van der Waals surface area (Å²) in [5.41, 5.74) is 1.53. The summed E-state index contributed by atoms with van der Waals surface area (Å²) in [6, 6.07) is 7.40. The highest BCUT2D eigenvalue weighted by atomic mass is 127. The van der Waals surface area contributed by atoms with Crippen LogP contribution >= 0.6 is 45.8 Å². The summed E-state index contributed by atoms with van der Waals surface area (Å²) < 4.78 is 17.7. The van der Waals surface area contributed by atoms with E-state index in [9.17, 15) is 24.9 Å². The van der Waals surface area contributed by atoms with Gasteiger partial charge in [0.15, 0.2) is 11.5 Å². The van der Waals surface area contributed by atoms with E-state index in [4.69, 9.17) is 37.4 Å². The van der Waals surface area contributed by atoms with Gasteiger partial charge in [0.05, 0.1) is 40.0 Å². The van der Waals surface area contributed by atoms with Gasteiger partial charge in [0, 0.05) is 31.7 Å². The molecule has 3 rings (SSSR count). The lowest BCUT2D eigenvalue weighted by atomic mass is 9.87. The molecular weight excluding hydrogens is 690 g/mol. The van der Waals surface area contributed by atoms with Crippen LogP contribution in [0.4, 0.5) is 0 Å². The van der Waals surface area contributed by atoms with Gasteiger partial charge < -0.3 is 39.7 Å². The number of ether oxygens (including phenoxy) is 3. The molecule has 1 aliphatic carbocycles. The highest BCUT2D eigenvalue weighted by Crippen LogP contribution is 2.37. The molecule has 13 heteroatoms. The monoisotopic (exact) mass is 722 g/mol. The average Bonchev–Trinajstić information content (AvgIpc) is 2.96. The number of nitrogens with zero attached hydrogens (tertiary/aromatic N) is 1. The van der Waals surface area contributed by atoms with Crippen LogP contribution in [0.3, 0.4) is 0 Å². The molecule has 10 nitrogen and oxygen atoms in total. The zero-order chi connectivity index (χ0) is 30.1. The van der Waals surface area contributed by atoms with Crippen LogP contribution in [0, 0.1) is 3.57 Å². The van der Waals surface area contributed by atoms with E-state index in [-0.39, 0.29) is 44.9 Å². The molecule has 2 amide bonds. The highest BCUT2D eigenvalue weighted by Gasteiger charge is 2.41. The number of carbonyl (C=O) groups is 2. The molecule has 0 unspecified atom stereocenters. The van der Waals surface area contributed by atoms with Gasteiger partial charge in [0.2, 0.25) is 11.8 Å². The fourth-order valence-corrected chi connectivity index (χ4v) is 5.51. The molecule has 1 aliphatic rings. The van der Waals surface area contributed by atoms with Crippen molar-refractivity contribution in [1.82, 2.24) is 10.2 Å². The maximum atomic E-state index is 13.4. The predicted octanol–water partition coefficient (Wildman–Crippen LogP) is 3.08. The van der Waals surface area contributed by atoms with Crippen LogP contribution in [0.2, 0.25) is 10.0 Å². The molecular formula is C28H33Cl2IN2O8. The van der Waals surface area contributed by atoms with Crippen LogP contribution in [0.1, 0.15) is 24.5 Å². The standard InChI is InChI=1S/C28H33Cl2IN2O8/c1-3-40-15-25(36)33(13-16-4-5-19(29)20(30)8-16)22-11-18(28(38)32-6-7-34)12-23(26(22)37)41-27-21(31)9-17(14-35)10-24(27)39-2/h4-5,8-10,12,22-23,26,34-35,37H,3,6-7,11,13-15H2,1-2H3,(H,32,38)/t22-,23+,26+/m1/s1. The van der Waals surface area contributed by atoms with Crippen molar-refractivity contribution >= 4 is 57.6 Å². The van der Waals surface area contributed by atoms with Gasteiger partial charge in [-0.3, -0.25) is 9.59 Å². The van der Waals surface area contributed by atoms with Crippen molar-refractivity contribution in [2.75, 3.05) is 33.5 Å². The molecule has 4 N–H and O–H groups in total. The zero-order valence-electron chi connectivity index (χ0n) is 22.6. The molecule has 41 heavy (non-hydrogen) atoms. The van der Waals surface area contributed by atoms with Gasteiger partial charge in [-0.2, -0.15) is 0 Å². The lowest BCUT2D eigenvalue weighted by Gasteiger charge is -2.40. The van der Waals surface area contributed by atoms with E-state index < -0.39 is 30.1 Å². The minimum atomic E-state index is -1.27. The summed E-state index contributed by atoms with van der Waals surface area (Å²) in [7, 11) is 1.45. The fourth-order valence-electron chi connectivity index (χ4n) is 4.39. The molecule has 0 bridgehead atoms. The first-order valence-electron chi connectivity index (χ1n) is 12.9. The number of aliphatic hydroxyl groups is 3. The Morgan fingerprint density at radius 2 is 1.90 bits per heavy atom. The number of hydrogen-bond acceptors (Lipinski definition) is 8. The minimum Gasteiger partial charge on any atom is -0.493 e. The van der Waals surface area contributed by atoms with Gasteiger partial charge in [-0.1, -0.05) is 29.3 Å². The average molecular weight is 723 g/mol. The van der Waals surface area contributed by atoms with Crippen LogP contribution in [0.25, 0.3) is 0 Å². The number of aliphatic hydroxyl groups excluding tert-OH is 3. The third-order valence-corrected chi connectivity index (χ3v) is 7.97. The lowest BCUT2D eigenvalue weighted by molar-refractivity contribution is -0.144. The molecule has 0 radical (unpaired) electrons. The second-order valence-electron chi connectivity index (χ2n) is 9.19.